The second kappa shape index (κ2) is 6.29. The summed E-state index contributed by atoms with van der Waals surface area (Å²) in [7, 11) is 1.67. The van der Waals surface area contributed by atoms with Crippen LogP contribution in [0.3, 0.4) is 0 Å². The van der Waals surface area contributed by atoms with Crippen LogP contribution < -0.4 is 4.74 Å². The fourth-order valence-corrected chi connectivity index (χ4v) is 3.49. The molecule has 0 radical (unpaired) electrons. The molecule has 21 heavy (non-hydrogen) atoms. The van der Waals surface area contributed by atoms with Gasteiger partial charge in [0.05, 0.1) is 13.2 Å². The first-order valence-corrected chi connectivity index (χ1v) is 7.87. The number of aliphatic hydroxyl groups excluding tert-OH is 1. The molecular formula is C18H18O2S. The second-order valence-electron chi connectivity index (χ2n) is 5.09. The Morgan fingerprint density at radius 3 is 2.57 bits per heavy atom. The first kappa shape index (κ1) is 14.1. The third kappa shape index (κ3) is 3.26. The predicted molar refractivity (Wildman–Crippen MR) is 88.1 cm³/mol. The Balaban J connectivity index is 1.66. The second-order valence-corrected chi connectivity index (χ2v) is 6.20. The first-order chi connectivity index (χ1) is 10.3. The van der Waals surface area contributed by atoms with Crippen LogP contribution in [0.5, 0.6) is 5.75 Å². The Kier molecular flexibility index (Phi) is 4.23. The van der Waals surface area contributed by atoms with Crippen molar-refractivity contribution in [3.8, 4) is 5.75 Å². The Hall–Kier alpha value is -1.84. The number of thiophene rings is 1. The van der Waals surface area contributed by atoms with Crippen LogP contribution in [0.4, 0.5) is 0 Å². The molecule has 0 amide bonds. The van der Waals surface area contributed by atoms with Crippen molar-refractivity contribution in [1.29, 1.82) is 0 Å². The number of hydrogen-bond acceptors (Lipinski definition) is 3. The molecule has 108 valence electrons. The summed E-state index contributed by atoms with van der Waals surface area (Å²) in [5.74, 6) is 0.865. The van der Waals surface area contributed by atoms with Gasteiger partial charge in [0.25, 0.3) is 0 Å². The number of ether oxygens (including phenoxy) is 1. The van der Waals surface area contributed by atoms with Gasteiger partial charge in [-0.05, 0) is 48.1 Å². The fourth-order valence-electron chi connectivity index (χ4n) is 2.40. The highest BCUT2D eigenvalue weighted by molar-refractivity contribution is 7.19. The summed E-state index contributed by atoms with van der Waals surface area (Å²) in [4.78, 5) is 1.05. The fraction of sp³-hybridized carbons (Fsp3) is 0.222. The molecule has 0 aliphatic rings. The molecule has 0 aliphatic heterocycles. The minimum absolute atomic E-state index is 0.399. The van der Waals surface area contributed by atoms with Gasteiger partial charge in [0.2, 0.25) is 0 Å². The maximum Gasteiger partial charge on any atom is 0.118 e. The lowest BCUT2D eigenvalue weighted by Crippen LogP contribution is -1.97. The molecule has 1 heterocycles. The summed E-state index contributed by atoms with van der Waals surface area (Å²) in [6.45, 7) is 0. The smallest absolute Gasteiger partial charge is 0.118 e. The van der Waals surface area contributed by atoms with Gasteiger partial charge in [-0.3, -0.25) is 0 Å². The van der Waals surface area contributed by atoms with Crippen LogP contribution in [0.2, 0.25) is 0 Å². The van der Waals surface area contributed by atoms with Crippen LogP contribution in [-0.4, -0.2) is 12.2 Å². The third-order valence-electron chi connectivity index (χ3n) is 3.64. The van der Waals surface area contributed by atoms with Crippen LogP contribution in [0.15, 0.2) is 54.6 Å². The van der Waals surface area contributed by atoms with Gasteiger partial charge < -0.3 is 9.84 Å². The summed E-state index contributed by atoms with van der Waals surface area (Å²) in [5, 5.41) is 11.6. The Bertz CT molecular complexity index is 682. The lowest BCUT2D eigenvalue weighted by molar-refractivity contribution is 0.171. The topological polar surface area (TPSA) is 29.5 Å². The van der Waals surface area contributed by atoms with Crippen LogP contribution in [0.1, 0.15) is 23.0 Å². The van der Waals surface area contributed by atoms with Crippen molar-refractivity contribution < 1.29 is 9.84 Å². The van der Waals surface area contributed by atoms with E-state index in [0.717, 1.165) is 23.5 Å². The molecular weight excluding hydrogens is 280 g/mol. The molecule has 1 N–H and O–H groups in total. The van der Waals surface area contributed by atoms with Gasteiger partial charge in [-0.25, -0.2) is 0 Å². The highest BCUT2D eigenvalue weighted by atomic mass is 32.1. The predicted octanol–water partition coefficient (Wildman–Crippen LogP) is 4.58. The molecule has 1 atom stereocenters. The highest BCUT2D eigenvalue weighted by Crippen LogP contribution is 2.31. The van der Waals surface area contributed by atoms with Gasteiger partial charge in [0.1, 0.15) is 5.75 Å². The molecule has 2 nitrogen and oxygen atoms in total. The van der Waals surface area contributed by atoms with Gasteiger partial charge in [0, 0.05) is 9.58 Å². The molecule has 0 spiro atoms. The van der Waals surface area contributed by atoms with Crippen LogP contribution in [0.25, 0.3) is 10.1 Å². The van der Waals surface area contributed by atoms with Crippen molar-refractivity contribution in [2.45, 2.75) is 18.9 Å². The van der Waals surface area contributed by atoms with Crippen molar-refractivity contribution in [1.82, 2.24) is 0 Å². The number of methoxy groups -OCH3 is 1. The molecule has 3 heteroatoms. The zero-order valence-corrected chi connectivity index (χ0v) is 12.8. The van der Waals surface area contributed by atoms with Crippen molar-refractivity contribution in [2.24, 2.45) is 0 Å². The summed E-state index contributed by atoms with van der Waals surface area (Å²) in [6.07, 6.45) is 1.20. The van der Waals surface area contributed by atoms with E-state index in [-0.39, 0.29) is 0 Å². The van der Waals surface area contributed by atoms with Crippen molar-refractivity contribution in [3.05, 3.63) is 65.0 Å². The molecule has 3 rings (SSSR count). The molecule has 0 saturated carbocycles. The Morgan fingerprint density at radius 1 is 1.10 bits per heavy atom. The van der Waals surface area contributed by atoms with E-state index >= 15 is 0 Å². The van der Waals surface area contributed by atoms with Gasteiger partial charge in [-0.1, -0.05) is 30.3 Å². The van der Waals surface area contributed by atoms with Gasteiger partial charge >= 0.3 is 0 Å². The monoisotopic (exact) mass is 298 g/mol. The molecule has 0 fully saturated rings. The largest absolute Gasteiger partial charge is 0.497 e. The standard InChI is InChI=1S/C18H18O2S/c1-20-15-9-6-13(7-10-15)8-11-16(19)18-12-14-4-2-3-5-17(14)21-18/h2-7,9-10,12,16,19H,8,11H2,1H3. The normalized spacial score (nSPS) is 12.5. The lowest BCUT2D eigenvalue weighted by atomic mass is 10.1. The molecule has 0 aliphatic carbocycles. The number of benzene rings is 2. The van der Waals surface area contributed by atoms with E-state index in [2.05, 4.69) is 30.3 Å². The van der Waals surface area contributed by atoms with E-state index < -0.39 is 6.10 Å². The Labute approximate surface area is 128 Å². The van der Waals surface area contributed by atoms with Gasteiger partial charge in [0.15, 0.2) is 0 Å². The molecule has 0 bridgehead atoms. The van der Waals surface area contributed by atoms with E-state index in [9.17, 15) is 5.11 Å². The highest BCUT2D eigenvalue weighted by Gasteiger charge is 2.11. The third-order valence-corrected chi connectivity index (χ3v) is 4.86. The van der Waals surface area contributed by atoms with E-state index in [1.807, 2.05) is 24.3 Å². The zero-order chi connectivity index (χ0) is 14.7. The number of fused-ring (bicyclic) bond motifs is 1. The first-order valence-electron chi connectivity index (χ1n) is 7.06. The summed E-state index contributed by atoms with van der Waals surface area (Å²) < 4.78 is 6.38. The summed E-state index contributed by atoms with van der Waals surface area (Å²) in [5.41, 5.74) is 1.22. The van der Waals surface area contributed by atoms with Gasteiger partial charge in [-0.15, -0.1) is 11.3 Å². The molecule has 0 saturated heterocycles. The number of aliphatic hydroxyl groups is 1. The maximum absolute atomic E-state index is 10.4. The van der Waals surface area contributed by atoms with Crippen LogP contribution >= 0.6 is 11.3 Å². The summed E-state index contributed by atoms with van der Waals surface area (Å²) in [6, 6.07) is 18.4. The Morgan fingerprint density at radius 2 is 1.86 bits per heavy atom. The van der Waals surface area contributed by atoms with Crippen LogP contribution in [0, 0.1) is 0 Å². The number of aryl methyl sites for hydroxylation is 1. The SMILES string of the molecule is COc1ccc(CCC(O)c2cc3ccccc3s2)cc1. The quantitative estimate of drug-likeness (QED) is 0.747. The molecule has 1 aromatic heterocycles. The maximum atomic E-state index is 10.4. The molecule has 1 unspecified atom stereocenters. The van der Waals surface area contributed by atoms with Gasteiger partial charge in [-0.2, -0.15) is 0 Å². The molecule has 2 aromatic carbocycles. The van der Waals surface area contributed by atoms with E-state index in [1.165, 1.54) is 15.6 Å². The average molecular weight is 298 g/mol. The van der Waals surface area contributed by atoms with E-state index in [1.54, 1.807) is 18.4 Å². The van der Waals surface area contributed by atoms with Crippen LogP contribution in [-0.2, 0) is 6.42 Å². The van der Waals surface area contributed by atoms with Crippen molar-refractivity contribution >= 4 is 21.4 Å². The minimum Gasteiger partial charge on any atom is -0.497 e. The summed E-state index contributed by atoms with van der Waals surface area (Å²) >= 11 is 1.68. The number of hydrogen-bond donors (Lipinski definition) is 1. The lowest BCUT2D eigenvalue weighted by Gasteiger charge is -2.08. The average Bonchev–Trinajstić information content (AvgIpc) is 2.97. The minimum atomic E-state index is -0.399. The van der Waals surface area contributed by atoms with E-state index in [4.69, 9.17) is 4.74 Å². The zero-order valence-electron chi connectivity index (χ0n) is 12.0. The van der Waals surface area contributed by atoms with Crippen molar-refractivity contribution in [3.63, 3.8) is 0 Å². The van der Waals surface area contributed by atoms with E-state index in [0.29, 0.717) is 0 Å². The number of rotatable bonds is 5. The van der Waals surface area contributed by atoms with Crippen molar-refractivity contribution in [2.75, 3.05) is 7.11 Å². The molecule has 3 aromatic rings.